The summed E-state index contributed by atoms with van der Waals surface area (Å²) in [7, 11) is 0. The summed E-state index contributed by atoms with van der Waals surface area (Å²) in [6.07, 6.45) is 6.79. The van der Waals surface area contributed by atoms with Gasteiger partial charge in [0.05, 0.1) is 10.7 Å². The van der Waals surface area contributed by atoms with Crippen LogP contribution in [0.25, 0.3) is 10.9 Å². The molecule has 4 rings (SSSR count). The van der Waals surface area contributed by atoms with Crippen LogP contribution in [0.3, 0.4) is 0 Å². The molecule has 1 aromatic carbocycles. The van der Waals surface area contributed by atoms with Gasteiger partial charge in [-0.3, -0.25) is 4.79 Å². The number of nitrogens with one attached hydrogen (secondary N) is 2. The minimum atomic E-state index is -0.0308. The fraction of sp³-hybridized carbons (Fsp3) is 0.429. The van der Waals surface area contributed by atoms with E-state index in [9.17, 15) is 4.79 Å². The van der Waals surface area contributed by atoms with Crippen LogP contribution in [0, 0.1) is 13.8 Å². The average molecular weight is 368 g/mol. The van der Waals surface area contributed by atoms with Crippen molar-refractivity contribution in [1.82, 2.24) is 15.3 Å². The second-order valence-corrected chi connectivity index (χ2v) is 8.44. The maximum absolute atomic E-state index is 12.4. The van der Waals surface area contributed by atoms with Gasteiger partial charge in [0, 0.05) is 28.7 Å². The molecule has 2 aromatic heterocycles. The summed E-state index contributed by atoms with van der Waals surface area (Å²) in [5.41, 5.74) is 5.39. The van der Waals surface area contributed by atoms with Crippen LogP contribution in [-0.4, -0.2) is 22.4 Å². The van der Waals surface area contributed by atoms with Gasteiger partial charge in [0.1, 0.15) is 5.69 Å². The van der Waals surface area contributed by atoms with Gasteiger partial charge in [-0.05, 0) is 69.2 Å². The molecule has 2 heterocycles. The zero-order chi connectivity index (χ0) is 18.1. The molecule has 1 aliphatic carbocycles. The van der Waals surface area contributed by atoms with Crippen molar-refractivity contribution in [2.24, 2.45) is 0 Å². The van der Waals surface area contributed by atoms with Gasteiger partial charge in [0.25, 0.3) is 5.91 Å². The molecule has 0 aliphatic heterocycles. The summed E-state index contributed by atoms with van der Waals surface area (Å²) in [5, 5.41) is 5.38. The second kappa shape index (κ2) is 7.23. The first-order chi connectivity index (χ1) is 12.6. The molecular formula is C21H25N3OS. The topological polar surface area (TPSA) is 57.8 Å². The van der Waals surface area contributed by atoms with Gasteiger partial charge in [-0.25, -0.2) is 4.98 Å². The van der Waals surface area contributed by atoms with E-state index in [0.29, 0.717) is 12.2 Å². The fourth-order valence-corrected chi connectivity index (χ4v) is 4.97. The number of nitrogens with zero attached hydrogens (tertiary/aromatic N) is 1. The summed E-state index contributed by atoms with van der Waals surface area (Å²) < 4.78 is 0. The van der Waals surface area contributed by atoms with Crippen molar-refractivity contribution in [3.63, 3.8) is 0 Å². The van der Waals surface area contributed by atoms with Crippen molar-refractivity contribution < 1.29 is 4.79 Å². The molecule has 2 N–H and O–H groups in total. The minimum Gasteiger partial charge on any atom is -0.351 e. The molecule has 0 saturated carbocycles. The predicted octanol–water partition coefficient (Wildman–Crippen LogP) is 4.48. The Labute approximate surface area is 158 Å². The van der Waals surface area contributed by atoms with Crippen molar-refractivity contribution in [3.8, 4) is 0 Å². The van der Waals surface area contributed by atoms with Crippen LogP contribution in [0.2, 0.25) is 0 Å². The van der Waals surface area contributed by atoms with Crippen LogP contribution in [0.15, 0.2) is 18.2 Å². The van der Waals surface area contributed by atoms with Crippen molar-refractivity contribution in [1.29, 1.82) is 0 Å². The minimum absolute atomic E-state index is 0.0308. The van der Waals surface area contributed by atoms with Crippen LogP contribution in [0.1, 0.15) is 56.5 Å². The lowest BCUT2D eigenvalue weighted by Crippen LogP contribution is -2.25. The predicted molar refractivity (Wildman–Crippen MR) is 107 cm³/mol. The Morgan fingerprint density at radius 2 is 2.08 bits per heavy atom. The third-order valence-corrected chi connectivity index (χ3v) is 6.29. The summed E-state index contributed by atoms with van der Waals surface area (Å²) >= 11 is 1.87. The highest BCUT2D eigenvalue weighted by molar-refractivity contribution is 7.11. The van der Waals surface area contributed by atoms with Crippen molar-refractivity contribution in [2.75, 3.05) is 6.54 Å². The van der Waals surface area contributed by atoms with Gasteiger partial charge < -0.3 is 10.3 Å². The lowest BCUT2D eigenvalue weighted by molar-refractivity contribution is 0.0949. The molecule has 3 aromatic rings. The fourth-order valence-electron chi connectivity index (χ4n) is 3.77. The molecule has 26 heavy (non-hydrogen) atoms. The van der Waals surface area contributed by atoms with Crippen LogP contribution >= 0.6 is 11.3 Å². The van der Waals surface area contributed by atoms with E-state index in [-0.39, 0.29) is 5.91 Å². The van der Waals surface area contributed by atoms with E-state index in [1.807, 2.05) is 17.4 Å². The molecule has 0 unspecified atom stereocenters. The highest BCUT2D eigenvalue weighted by Gasteiger charge is 2.15. The normalized spacial score (nSPS) is 13.8. The number of carbonyl (C=O) groups excluding carboxylic acids is 1. The highest BCUT2D eigenvalue weighted by atomic mass is 32.1. The molecule has 1 amide bonds. The van der Waals surface area contributed by atoms with Gasteiger partial charge in [-0.1, -0.05) is 6.07 Å². The van der Waals surface area contributed by atoms with E-state index >= 15 is 0 Å². The van der Waals surface area contributed by atoms with E-state index in [4.69, 9.17) is 4.98 Å². The summed E-state index contributed by atoms with van der Waals surface area (Å²) in [4.78, 5) is 21.9. The van der Waals surface area contributed by atoms with Gasteiger partial charge in [-0.15, -0.1) is 11.3 Å². The largest absolute Gasteiger partial charge is 0.351 e. The molecule has 136 valence electrons. The molecular weight excluding hydrogens is 342 g/mol. The Balaban J connectivity index is 1.32. The molecule has 0 spiro atoms. The zero-order valence-corrected chi connectivity index (χ0v) is 16.3. The number of aromatic nitrogens is 2. The molecule has 5 heteroatoms. The molecule has 4 nitrogen and oxygen atoms in total. The van der Waals surface area contributed by atoms with Crippen molar-refractivity contribution in [3.05, 3.63) is 50.6 Å². The number of carbonyl (C=O) groups is 1. The molecule has 0 radical (unpaired) electrons. The number of amides is 1. The van der Waals surface area contributed by atoms with E-state index in [1.54, 1.807) is 0 Å². The first-order valence-electron chi connectivity index (χ1n) is 9.46. The second-order valence-electron chi connectivity index (χ2n) is 7.27. The lowest BCUT2D eigenvalue weighted by atomic mass is 10.0. The van der Waals surface area contributed by atoms with Gasteiger partial charge in [0.2, 0.25) is 0 Å². The van der Waals surface area contributed by atoms with Crippen LogP contribution in [-0.2, 0) is 19.3 Å². The Kier molecular flexibility index (Phi) is 4.81. The number of hydrogen-bond acceptors (Lipinski definition) is 3. The number of rotatable bonds is 5. The highest BCUT2D eigenvalue weighted by Crippen LogP contribution is 2.27. The van der Waals surface area contributed by atoms with Gasteiger partial charge in [-0.2, -0.15) is 0 Å². The molecule has 0 fully saturated rings. The third-order valence-electron chi connectivity index (χ3n) is 5.08. The SMILES string of the molecule is Cc1cc(C)c2cc(C(=O)NCCCc3nc4c(s3)CCCC4)[nH]c2c1. The Hall–Kier alpha value is -2.14. The van der Waals surface area contributed by atoms with Crippen LogP contribution in [0.4, 0.5) is 0 Å². The summed E-state index contributed by atoms with van der Waals surface area (Å²) in [6.45, 7) is 4.83. The van der Waals surface area contributed by atoms with Gasteiger partial charge in [0.15, 0.2) is 0 Å². The number of hydrogen-bond donors (Lipinski definition) is 2. The number of fused-ring (bicyclic) bond motifs is 2. The summed E-state index contributed by atoms with van der Waals surface area (Å²) in [5.74, 6) is -0.0308. The first kappa shape index (κ1) is 17.3. The number of H-pyrrole nitrogens is 1. The smallest absolute Gasteiger partial charge is 0.267 e. The van der Waals surface area contributed by atoms with E-state index in [2.05, 4.69) is 36.3 Å². The lowest BCUT2D eigenvalue weighted by Gasteiger charge is -2.06. The molecule has 0 atom stereocenters. The maximum atomic E-state index is 12.4. The number of thiazole rings is 1. The number of aryl methyl sites for hydroxylation is 5. The number of benzene rings is 1. The zero-order valence-electron chi connectivity index (χ0n) is 15.4. The van der Waals surface area contributed by atoms with E-state index < -0.39 is 0 Å². The number of aromatic amines is 1. The standard InChI is InChI=1S/C21H25N3OS/c1-13-10-14(2)15-12-18(23-17(15)11-13)21(25)22-9-5-8-20-24-16-6-3-4-7-19(16)26-20/h10-12,23H,3-9H2,1-2H3,(H,22,25). The molecule has 0 bridgehead atoms. The Morgan fingerprint density at radius 3 is 2.92 bits per heavy atom. The third kappa shape index (κ3) is 3.54. The van der Waals surface area contributed by atoms with Crippen LogP contribution in [0.5, 0.6) is 0 Å². The van der Waals surface area contributed by atoms with E-state index in [0.717, 1.165) is 30.2 Å². The van der Waals surface area contributed by atoms with Crippen molar-refractivity contribution >= 4 is 28.1 Å². The van der Waals surface area contributed by atoms with Gasteiger partial charge >= 0.3 is 0 Å². The summed E-state index contributed by atoms with van der Waals surface area (Å²) in [6, 6.07) is 6.18. The van der Waals surface area contributed by atoms with E-state index in [1.165, 1.54) is 46.0 Å². The first-order valence-corrected chi connectivity index (χ1v) is 10.3. The monoisotopic (exact) mass is 367 g/mol. The molecule has 0 saturated heterocycles. The maximum Gasteiger partial charge on any atom is 0.267 e. The van der Waals surface area contributed by atoms with Crippen molar-refractivity contribution in [2.45, 2.75) is 52.4 Å². The quantitative estimate of drug-likeness (QED) is 0.653. The Morgan fingerprint density at radius 1 is 1.23 bits per heavy atom. The van der Waals surface area contributed by atoms with Crippen LogP contribution < -0.4 is 5.32 Å². The molecule has 1 aliphatic rings. The Bertz CT molecular complexity index is 930. The average Bonchev–Trinajstić information content (AvgIpc) is 3.22.